The van der Waals surface area contributed by atoms with E-state index in [0.29, 0.717) is 0 Å². The lowest BCUT2D eigenvalue weighted by Crippen LogP contribution is -2.06. The van der Waals surface area contributed by atoms with Crippen LogP contribution in [0.3, 0.4) is 0 Å². The molecule has 154 valence electrons. The van der Waals surface area contributed by atoms with Gasteiger partial charge in [-0.25, -0.2) is 0 Å². The van der Waals surface area contributed by atoms with Crippen molar-refractivity contribution in [2.24, 2.45) is 0 Å². The summed E-state index contributed by atoms with van der Waals surface area (Å²) in [7, 11) is 0. The molecule has 0 heterocycles. The highest BCUT2D eigenvalue weighted by molar-refractivity contribution is 5.68. The lowest BCUT2D eigenvalue weighted by molar-refractivity contribution is 0.306. The van der Waals surface area contributed by atoms with E-state index in [1.54, 1.807) is 0 Å². The quantitative estimate of drug-likeness (QED) is 0.244. The van der Waals surface area contributed by atoms with Gasteiger partial charge in [-0.2, -0.15) is 0 Å². The predicted molar refractivity (Wildman–Crippen MR) is 123 cm³/mol. The summed E-state index contributed by atoms with van der Waals surface area (Å²) in [5.41, 5.74) is 9.66. The van der Waals surface area contributed by atoms with Crippen LogP contribution in [0.15, 0.2) is 42.5 Å². The molecule has 0 fully saturated rings. The van der Waals surface area contributed by atoms with Crippen molar-refractivity contribution in [2.45, 2.75) is 65.2 Å². The number of anilines is 4. The molecule has 4 nitrogen and oxygen atoms in total. The summed E-state index contributed by atoms with van der Waals surface area (Å²) in [4.78, 5) is 0. The lowest BCUT2D eigenvalue weighted by Gasteiger charge is -2.16. The molecule has 0 spiro atoms. The summed E-state index contributed by atoms with van der Waals surface area (Å²) in [5.74, 6) is 0.924. The van der Waals surface area contributed by atoms with Crippen molar-refractivity contribution in [1.82, 2.24) is 0 Å². The standard InChI is InChI=1S/C24H37N3O/c1-3-5-7-9-17-26-23-16-15-22(27-21-13-11-20(25)12-14-21)19-24(23)28-18-10-8-6-4-2/h11-16,19,26-27H,3-10,17-18,25H2,1-2H3. The molecule has 0 aliphatic rings. The van der Waals surface area contributed by atoms with Gasteiger partial charge in [-0.15, -0.1) is 0 Å². The number of nitrogens with two attached hydrogens (primary N) is 1. The van der Waals surface area contributed by atoms with Gasteiger partial charge in [-0.3, -0.25) is 0 Å². The molecule has 2 rings (SSSR count). The van der Waals surface area contributed by atoms with Gasteiger partial charge in [0.1, 0.15) is 5.75 Å². The summed E-state index contributed by atoms with van der Waals surface area (Å²) >= 11 is 0. The van der Waals surface area contributed by atoms with E-state index in [9.17, 15) is 0 Å². The Bertz CT molecular complexity index is 670. The van der Waals surface area contributed by atoms with Gasteiger partial charge >= 0.3 is 0 Å². The summed E-state index contributed by atoms with van der Waals surface area (Å²) < 4.78 is 6.14. The Hall–Kier alpha value is -2.36. The number of nitrogens with one attached hydrogen (secondary N) is 2. The number of nitrogen functional groups attached to an aromatic ring is 1. The molecular weight excluding hydrogens is 346 g/mol. The monoisotopic (exact) mass is 383 g/mol. The maximum absolute atomic E-state index is 6.14. The Morgan fingerprint density at radius 1 is 0.786 bits per heavy atom. The fraction of sp³-hybridized carbons (Fsp3) is 0.500. The molecule has 4 N–H and O–H groups in total. The Balaban J connectivity index is 1.99. The van der Waals surface area contributed by atoms with Gasteiger partial charge in [0.15, 0.2) is 0 Å². The third-order valence-electron chi connectivity index (χ3n) is 4.78. The van der Waals surface area contributed by atoms with Gasteiger partial charge in [0.2, 0.25) is 0 Å². The summed E-state index contributed by atoms with van der Waals surface area (Å²) in [6, 6.07) is 14.1. The highest BCUT2D eigenvalue weighted by atomic mass is 16.5. The number of hydrogen-bond donors (Lipinski definition) is 3. The first kappa shape index (κ1) is 21.9. The second-order valence-electron chi connectivity index (χ2n) is 7.35. The third kappa shape index (κ3) is 8.12. The summed E-state index contributed by atoms with van der Waals surface area (Å²) in [6.45, 7) is 6.21. The Labute approximate surface area is 170 Å². The predicted octanol–water partition coefficient (Wildman–Crippen LogP) is 6.96. The zero-order chi connectivity index (χ0) is 20.0. The molecule has 0 radical (unpaired) electrons. The van der Waals surface area contributed by atoms with E-state index in [2.05, 4.69) is 42.7 Å². The zero-order valence-corrected chi connectivity index (χ0v) is 17.6. The van der Waals surface area contributed by atoms with Gasteiger partial charge in [0, 0.05) is 29.7 Å². The molecule has 4 heteroatoms. The Morgan fingerprint density at radius 2 is 1.46 bits per heavy atom. The van der Waals surface area contributed by atoms with Crippen molar-refractivity contribution in [1.29, 1.82) is 0 Å². The van der Waals surface area contributed by atoms with E-state index >= 15 is 0 Å². The van der Waals surface area contributed by atoms with Crippen LogP contribution in [-0.4, -0.2) is 13.2 Å². The van der Waals surface area contributed by atoms with Crippen molar-refractivity contribution in [3.05, 3.63) is 42.5 Å². The molecule has 0 unspecified atom stereocenters. The van der Waals surface area contributed by atoms with Crippen LogP contribution in [0.2, 0.25) is 0 Å². The van der Waals surface area contributed by atoms with Gasteiger partial charge in [0.25, 0.3) is 0 Å². The lowest BCUT2D eigenvalue weighted by atomic mass is 10.2. The van der Waals surface area contributed by atoms with E-state index in [4.69, 9.17) is 10.5 Å². The summed E-state index contributed by atoms with van der Waals surface area (Å²) in [5, 5.41) is 6.98. The molecule has 0 aliphatic carbocycles. The number of benzene rings is 2. The van der Waals surface area contributed by atoms with Crippen LogP contribution in [0.25, 0.3) is 0 Å². The largest absolute Gasteiger partial charge is 0.491 e. The van der Waals surface area contributed by atoms with Gasteiger partial charge in [0.05, 0.1) is 12.3 Å². The minimum Gasteiger partial charge on any atom is -0.491 e. The SMILES string of the molecule is CCCCCCNc1ccc(Nc2ccc(N)cc2)cc1OCCCCCC. The number of rotatable bonds is 14. The van der Waals surface area contributed by atoms with Crippen molar-refractivity contribution < 1.29 is 4.74 Å². The van der Waals surface area contributed by atoms with Crippen molar-refractivity contribution in [2.75, 3.05) is 29.5 Å². The molecular formula is C24H37N3O. The van der Waals surface area contributed by atoms with E-state index in [1.807, 2.05) is 24.3 Å². The molecule has 0 aliphatic heterocycles. The molecule has 0 saturated carbocycles. The first-order valence-electron chi connectivity index (χ1n) is 10.9. The second kappa shape index (κ2) is 12.9. The van der Waals surface area contributed by atoms with Crippen LogP contribution in [0.5, 0.6) is 5.75 Å². The van der Waals surface area contributed by atoms with Crippen LogP contribution >= 0.6 is 0 Å². The van der Waals surface area contributed by atoms with Crippen molar-refractivity contribution in [3.8, 4) is 5.75 Å². The Morgan fingerprint density at radius 3 is 2.18 bits per heavy atom. The average Bonchev–Trinajstić information content (AvgIpc) is 2.70. The fourth-order valence-corrected chi connectivity index (χ4v) is 3.08. The maximum Gasteiger partial charge on any atom is 0.144 e. The third-order valence-corrected chi connectivity index (χ3v) is 4.78. The van der Waals surface area contributed by atoms with Crippen molar-refractivity contribution in [3.63, 3.8) is 0 Å². The van der Waals surface area contributed by atoms with E-state index in [-0.39, 0.29) is 0 Å². The van der Waals surface area contributed by atoms with Crippen LogP contribution in [0, 0.1) is 0 Å². The van der Waals surface area contributed by atoms with Gasteiger partial charge < -0.3 is 21.1 Å². The number of hydrogen-bond acceptors (Lipinski definition) is 4. The van der Waals surface area contributed by atoms with Crippen molar-refractivity contribution >= 4 is 22.7 Å². The van der Waals surface area contributed by atoms with E-state index in [0.717, 1.165) is 48.1 Å². The topological polar surface area (TPSA) is 59.3 Å². The first-order chi connectivity index (χ1) is 13.7. The minimum absolute atomic E-state index is 0.760. The molecule has 0 aromatic heterocycles. The van der Waals surface area contributed by atoms with Crippen LogP contribution in [-0.2, 0) is 0 Å². The van der Waals surface area contributed by atoms with Crippen LogP contribution in [0.1, 0.15) is 65.2 Å². The maximum atomic E-state index is 6.14. The highest BCUT2D eigenvalue weighted by Gasteiger charge is 2.06. The molecule has 2 aromatic carbocycles. The average molecular weight is 384 g/mol. The smallest absolute Gasteiger partial charge is 0.144 e. The highest BCUT2D eigenvalue weighted by Crippen LogP contribution is 2.30. The first-order valence-corrected chi connectivity index (χ1v) is 10.9. The van der Waals surface area contributed by atoms with E-state index in [1.165, 1.54) is 44.9 Å². The minimum atomic E-state index is 0.760. The van der Waals surface area contributed by atoms with Gasteiger partial charge in [-0.1, -0.05) is 52.4 Å². The normalized spacial score (nSPS) is 10.6. The molecule has 0 saturated heterocycles. The number of unbranched alkanes of at least 4 members (excludes halogenated alkanes) is 6. The molecule has 28 heavy (non-hydrogen) atoms. The van der Waals surface area contributed by atoms with Gasteiger partial charge in [-0.05, 0) is 49.2 Å². The molecule has 0 amide bonds. The summed E-state index contributed by atoms with van der Waals surface area (Å²) in [6.07, 6.45) is 9.85. The van der Waals surface area contributed by atoms with E-state index < -0.39 is 0 Å². The Kier molecular flexibility index (Phi) is 10.1. The fourth-order valence-electron chi connectivity index (χ4n) is 3.08. The molecule has 0 bridgehead atoms. The zero-order valence-electron chi connectivity index (χ0n) is 17.6. The van der Waals surface area contributed by atoms with Crippen LogP contribution in [0.4, 0.5) is 22.7 Å². The molecule has 0 atom stereocenters. The second-order valence-corrected chi connectivity index (χ2v) is 7.35. The molecule has 2 aromatic rings. The number of ether oxygens (including phenoxy) is 1. The van der Waals surface area contributed by atoms with Crippen LogP contribution < -0.4 is 21.1 Å².